The molecule has 0 fully saturated rings. The quantitative estimate of drug-likeness (QED) is 0.348. The predicted octanol–water partition coefficient (Wildman–Crippen LogP) is 5.78. The molecule has 0 aliphatic carbocycles. The third kappa shape index (κ3) is 4.32. The topological polar surface area (TPSA) is 57.9 Å². The highest BCUT2D eigenvalue weighted by molar-refractivity contribution is 6.33. The lowest BCUT2D eigenvalue weighted by atomic mass is 9.99. The molecule has 0 amide bonds. The van der Waals surface area contributed by atoms with Gasteiger partial charge in [0.15, 0.2) is 17.1 Å². The number of ether oxygens (including phenoxy) is 2. The van der Waals surface area contributed by atoms with Crippen molar-refractivity contribution in [3.05, 3.63) is 42.0 Å². The second kappa shape index (κ2) is 8.33. The van der Waals surface area contributed by atoms with Gasteiger partial charge >= 0.3 is 9.76 Å². The summed E-state index contributed by atoms with van der Waals surface area (Å²) >= 11 is 0. The molecular formula is C23H26O5Si. The number of hydrogen-bond acceptors (Lipinski definition) is 5. The van der Waals surface area contributed by atoms with Gasteiger partial charge in [0.25, 0.3) is 0 Å². The monoisotopic (exact) mass is 410 g/mol. The number of rotatable bonds is 8. The van der Waals surface area contributed by atoms with E-state index in [4.69, 9.17) is 18.3 Å². The van der Waals surface area contributed by atoms with Gasteiger partial charge in [-0.1, -0.05) is 27.7 Å². The first kappa shape index (κ1) is 21.0. The number of fused-ring (bicyclic) bond motifs is 1. The summed E-state index contributed by atoms with van der Waals surface area (Å²) in [4.78, 5) is 11.2. The van der Waals surface area contributed by atoms with Crippen molar-refractivity contribution in [2.24, 2.45) is 5.92 Å². The average Bonchev–Trinajstić information content (AvgIpc) is 3.15. The normalized spacial score (nSPS) is 11.7. The maximum Gasteiger partial charge on any atom is 0.317 e. The van der Waals surface area contributed by atoms with E-state index in [9.17, 15) is 4.79 Å². The molecule has 0 aliphatic rings. The average molecular weight is 411 g/mol. The fourth-order valence-electron chi connectivity index (χ4n) is 2.72. The van der Waals surface area contributed by atoms with E-state index >= 15 is 0 Å². The van der Waals surface area contributed by atoms with E-state index in [1.165, 1.54) is 0 Å². The van der Waals surface area contributed by atoms with E-state index in [0.717, 1.165) is 17.2 Å². The number of aldehydes is 1. The molecule has 0 unspecified atom stereocenters. The van der Waals surface area contributed by atoms with E-state index < -0.39 is 0 Å². The van der Waals surface area contributed by atoms with Crippen LogP contribution in [0.5, 0.6) is 17.2 Å². The number of hydrogen-bond donors (Lipinski definition) is 0. The van der Waals surface area contributed by atoms with Crippen LogP contribution in [-0.4, -0.2) is 30.3 Å². The van der Waals surface area contributed by atoms with Crippen LogP contribution in [0.15, 0.2) is 40.8 Å². The Hall–Kier alpha value is -2.73. The third-order valence-electron chi connectivity index (χ3n) is 5.28. The summed E-state index contributed by atoms with van der Waals surface area (Å²) in [7, 11) is 3.48. The van der Waals surface area contributed by atoms with Gasteiger partial charge in [-0.2, -0.15) is 0 Å². The Labute approximate surface area is 173 Å². The molecule has 1 aromatic heterocycles. The number of methoxy groups -OCH3 is 2. The number of benzene rings is 2. The molecule has 3 aromatic rings. The van der Waals surface area contributed by atoms with Crippen LogP contribution in [-0.2, 0) is 0 Å². The van der Waals surface area contributed by atoms with Crippen molar-refractivity contribution in [3.63, 3.8) is 0 Å². The molecule has 0 saturated carbocycles. The van der Waals surface area contributed by atoms with Crippen LogP contribution in [0.2, 0.25) is 5.04 Å². The van der Waals surface area contributed by atoms with Crippen LogP contribution < -0.4 is 13.9 Å². The maximum atomic E-state index is 11.2. The molecule has 3 rings (SSSR count). The lowest BCUT2D eigenvalue weighted by molar-refractivity contribution is 0.112. The van der Waals surface area contributed by atoms with Gasteiger partial charge in [-0.25, -0.2) is 0 Å². The Morgan fingerprint density at radius 3 is 2.34 bits per heavy atom. The van der Waals surface area contributed by atoms with Crippen molar-refractivity contribution < 1.29 is 23.1 Å². The van der Waals surface area contributed by atoms with E-state index in [1.807, 2.05) is 24.3 Å². The number of carbonyl (C=O) groups is 1. The van der Waals surface area contributed by atoms with E-state index in [-0.39, 0.29) is 14.8 Å². The first-order valence-electron chi connectivity index (χ1n) is 9.48. The molecule has 0 aliphatic heterocycles. The second-order valence-corrected chi connectivity index (χ2v) is 9.51. The van der Waals surface area contributed by atoms with Crippen molar-refractivity contribution in [3.8, 4) is 28.6 Å². The zero-order valence-electron chi connectivity index (χ0n) is 17.7. The van der Waals surface area contributed by atoms with Crippen LogP contribution in [0.25, 0.3) is 22.3 Å². The Balaban J connectivity index is 2.00. The summed E-state index contributed by atoms with van der Waals surface area (Å²) in [5, 5.41) is 0.862. The molecule has 152 valence electrons. The number of furan rings is 1. The van der Waals surface area contributed by atoms with Crippen LogP contribution in [0.1, 0.15) is 38.1 Å². The molecule has 2 radical (unpaired) electrons. The lowest BCUT2D eigenvalue weighted by Gasteiger charge is -2.27. The Morgan fingerprint density at radius 2 is 1.72 bits per heavy atom. The molecule has 0 bridgehead atoms. The summed E-state index contributed by atoms with van der Waals surface area (Å²) in [5.41, 5.74) is 2.01. The smallest absolute Gasteiger partial charge is 0.317 e. The summed E-state index contributed by atoms with van der Waals surface area (Å²) < 4.78 is 23.1. The largest absolute Gasteiger partial charge is 0.538 e. The van der Waals surface area contributed by atoms with Crippen LogP contribution in [0.3, 0.4) is 0 Å². The lowest BCUT2D eigenvalue weighted by Crippen LogP contribution is -2.24. The minimum Gasteiger partial charge on any atom is -0.538 e. The van der Waals surface area contributed by atoms with Gasteiger partial charge in [0.2, 0.25) is 0 Å². The van der Waals surface area contributed by atoms with Gasteiger partial charge in [-0.05, 0) is 47.4 Å². The first-order chi connectivity index (χ1) is 13.8. The zero-order chi connectivity index (χ0) is 21.2. The summed E-state index contributed by atoms with van der Waals surface area (Å²) in [6.07, 6.45) is 0.797. The zero-order valence-corrected chi connectivity index (χ0v) is 18.7. The molecule has 29 heavy (non-hydrogen) atoms. The standard InChI is InChI=1S/C23H26O5Si/c1-14(2)23(3,4)29-28-20-11-16(7-8-18(20)25-5)19-12-17-9-15(13-24)10-21(26-6)22(17)27-19/h7-14H,1-6H3. The Morgan fingerprint density at radius 1 is 1.00 bits per heavy atom. The van der Waals surface area contributed by atoms with Gasteiger partial charge < -0.3 is 18.3 Å². The van der Waals surface area contributed by atoms with Gasteiger partial charge in [0.05, 0.1) is 14.2 Å². The highest BCUT2D eigenvalue weighted by atomic mass is 28.2. The van der Waals surface area contributed by atoms with Crippen molar-refractivity contribution in [2.75, 3.05) is 14.2 Å². The van der Waals surface area contributed by atoms with E-state index in [1.54, 1.807) is 26.4 Å². The molecular weight excluding hydrogens is 384 g/mol. The van der Waals surface area contributed by atoms with Gasteiger partial charge in [-0.15, -0.1) is 0 Å². The van der Waals surface area contributed by atoms with Crippen LogP contribution in [0, 0.1) is 5.92 Å². The Bertz CT molecular complexity index is 1020. The van der Waals surface area contributed by atoms with Crippen LogP contribution >= 0.6 is 0 Å². The SMILES string of the molecule is COc1ccc(-c2cc3cc(C=O)cc(OC)c3o2)cc1O[Si]C(C)(C)C(C)C. The van der Waals surface area contributed by atoms with E-state index in [2.05, 4.69) is 27.7 Å². The molecule has 5 nitrogen and oxygen atoms in total. The van der Waals surface area contributed by atoms with Gasteiger partial charge in [0, 0.05) is 16.5 Å². The second-order valence-electron chi connectivity index (χ2n) is 7.82. The molecule has 0 saturated heterocycles. The maximum absolute atomic E-state index is 11.2. The molecule has 0 spiro atoms. The van der Waals surface area contributed by atoms with Crippen molar-refractivity contribution in [2.45, 2.75) is 32.7 Å². The number of carbonyl (C=O) groups excluding carboxylic acids is 1. The highest BCUT2D eigenvalue weighted by Gasteiger charge is 2.27. The summed E-state index contributed by atoms with van der Waals surface area (Å²) in [6.45, 7) is 8.78. The fraction of sp³-hybridized carbons (Fsp3) is 0.348. The minimum atomic E-state index is 0.0545. The molecule has 6 heteroatoms. The first-order valence-corrected chi connectivity index (χ1v) is 10.4. The highest BCUT2D eigenvalue weighted by Crippen LogP contribution is 2.39. The summed E-state index contributed by atoms with van der Waals surface area (Å²) in [5.74, 6) is 3.04. The van der Waals surface area contributed by atoms with E-state index in [0.29, 0.717) is 40.1 Å². The van der Waals surface area contributed by atoms with Crippen molar-refractivity contribution in [1.82, 2.24) is 0 Å². The van der Waals surface area contributed by atoms with Crippen molar-refractivity contribution >= 4 is 27.0 Å². The van der Waals surface area contributed by atoms with Gasteiger partial charge in [0.1, 0.15) is 17.8 Å². The Kier molecular flexibility index (Phi) is 6.03. The molecule has 0 atom stereocenters. The predicted molar refractivity (Wildman–Crippen MR) is 115 cm³/mol. The third-order valence-corrected chi connectivity index (χ3v) is 6.70. The molecule has 1 heterocycles. The molecule has 0 N–H and O–H groups in total. The summed E-state index contributed by atoms with van der Waals surface area (Å²) in [6, 6.07) is 11.1. The molecule has 2 aromatic carbocycles. The fourth-order valence-corrected chi connectivity index (χ4v) is 3.49. The van der Waals surface area contributed by atoms with Gasteiger partial charge in [-0.3, -0.25) is 4.79 Å². The van der Waals surface area contributed by atoms with Crippen molar-refractivity contribution in [1.29, 1.82) is 0 Å². The van der Waals surface area contributed by atoms with Crippen LogP contribution in [0.4, 0.5) is 0 Å². The minimum absolute atomic E-state index is 0.0545.